The number of hydrogen-bond donors (Lipinski definition) is 2. The Labute approximate surface area is 148 Å². The predicted octanol–water partition coefficient (Wildman–Crippen LogP) is 1.60. The van der Waals surface area contributed by atoms with Gasteiger partial charge in [0.25, 0.3) is 0 Å². The number of carboxylic acid groups (broad SMARTS) is 1. The van der Waals surface area contributed by atoms with Crippen molar-refractivity contribution in [3.8, 4) is 0 Å². The number of carboxylic acids is 1. The fraction of sp³-hybridized carbons (Fsp3) is 0.688. The fourth-order valence-corrected chi connectivity index (χ4v) is 3.03. The molecule has 1 aromatic heterocycles. The number of aromatic nitrogens is 2. The van der Waals surface area contributed by atoms with Crippen molar-refractivity contribution in [2.75, 3.05) is 19.8 Å². The maximum atomic E-state index is 12.6. The molecule has 0 saturated carbocycles. The molecule has 2 rings (SSSR count). The minimum absolute atomic E-state index is 0.0424. The normalized spacial score (nSPS) is 17.1. The van der Waals surface area contributed by atoms with Crippen LogP contribution in [0, 0.1) is 19.3 Å². The lowest BCUT2D eigenvalue weighted by molar-refractivity contribution is -0.154. The molecule has 2 heterocycles. The van der Waals surface area contributed by atoms with Crippen molar-refractivity contribution in [2.45, 2.75) is 45.8 Å². The molecule has 0 atom stereocenters. The van der Waals surface area contributed by atoms with Crippen LogP contribution in [-0.4, -0.2) is 52.7 Å². The molecular weight excluding hydrogens is 355 g/mol. The molecular formula is C16H22F3N3O4. The summed E-state index contributed by atoms with van der Waals surface area (Å²) in [6.45, 7) is 2.38. The van der Waals surface area contributed by atoms with Gasteiger partial charge in [-0.3, -0.25) is 14.3 Å². The Morgan fingerprint density at radius 1 is 1.31 bits per heavy atom. The highest BCUT2D eigenvalue weighted by Gasteiger charge is 2.40. The van der Waals surface area contributed by atoms with Gasteiger partial charge < -0.3 is 15.2 Å². The van der Waals surface area contributed by atoms with Crippen molar-refractivity contribution in [2.24, 2.45) is 5.41 Å². The number of hydrogen-bond acceptors (Lipinski definition) is 4. The largest absolute Gasteiger partial charge is 0.481 e. The Hall–Kier alpha value is -2.10. The van der Waals surface area contributed by atoms with Crippen molar-refractivity contribution in [1.29, 1.82) is 0 Å². The van der Waals surface area contributed by atoms with Gasteiger partial charge >= 0.3 is 12.1 Å². The summed E-state index contributed by atoms with van der Waals surface area (Å²) in [4.78, 5) is 23.8. The fourth-order valence-electron chi connectivity index (χ4n) is 3.03. The van der Waals surface area contributed by atoms with Gasteiger partial charge in [-0.2, -0.15) is 18.3 Å². The lowest BCUT2D eigenvalue weighted by Gasteiger charge is -2.33. The standard InChI is InChI=1S/C16H22F3N3O4/c1-10-12(11(2)22(21-10)9-16(17,18)19)7-13(23)20-8-15(14(24)25)3-5-26-6-4-15/h3-9H2,1-2H3,(H,20,23)(H,24,25). The van der Waals surface area contributed by atoms with Crippen LogP contribution in [-0.2, 0) is 27.3 Å². The smallest absolute Gasteiger partial charge is 0.408 e. The number of aliphatic carboxylic acids is 1. The van der Waals surface area contributed by atoms with Gasteiger partial charge in [-0.15, -0.1) is 0 Å². The SMILES string of the molecule is Cc1nn(CC(F)(F)F)c(C)c1CC(=O)NCC1(C(=O)O)CCOCC1. The summed E-state index contributed by atoms with van der Waals surface area (Å²) in [6, 6.07) is 0. The van der Waals surface area contributed by atoms with E-state index in [9.17, 15) is 27.9 Å². The summed E-state index contributed by atoms with van der Waals surface area (Å²) >= 11 is 0. The third-order valence-corrected chi connectivity index (χ3v) is 4.73. The van der Waals surface area contributed by atoms with Gasteiger partial charge in [0.05, 0.1) is 17.5 Å². The molecule has 1 aromatic rings. The molecule has 7 nitrogen and oxygen atoms in total. The second kappa shape index (κ2) is 7.65. The molecule has 1 aliphatic rings. The maximum absolute atomic E-state index is 12.6. The second-order valence-corrected chi connectivity index (χ2v) is 6.57. The molecule has 1 fully saturated rings. The summed E-state index contributed by atoms with van der Waals surface area (Å²) in [6.07, 6.45) is -3.96. The quantitative estimate of drug-likeness (QED) is 0.786. The topological polar surface area (TPSA) is 93.5 Å². The zero-order valence-electron chi connectivity index (χ0n) is 14.7. The Balaban J connectivity index is 2.02. The number of nitrogens with zero attached hydrogens (tertiary/aromatic N) is 2. The molecule has 1 aliphatic heterocycles. The number of amides is 1. The zero-order valence-corrected chi connectivity index (χ0v) is 14.7. The summed E-state index contributed by atoms with van der Waals surface area (Å²) in [5, 5.41) is 15.9. The highest BCUT2D eigenvalue weighted by Crippen LogP contribution is 2.30. The summed E-state index contributed by atoms with van der Waals surface area (Å²) in [5.74, 6) is -1.44. The third-order valence-electron chi connectivity index (χ3n) is 4.73. The summed E-state index contributed by atoms with van der Waals surface area (Å²) in [5.41, 5.74) is -0.0311. The first kappa shape index (κ1) is 20.2. The van der Waals surface area contributed by atoms with Gasteiger partial charge in [-0.1, -0.05) is 0 Å². The molecule has 0 bridgehead atoms. The minimum Gasteiger partial charge on any atom is -0.481 e. The van der Waals surface area contributed by atoms with Crippen LogP contribution in [0.3, 0.4) is 0 Å². The van der Waals surface area contributed by atoms with E-state index in [0.717, 1.165) is 4.68 Å². The molecule has 0 radical (unpaired) electrons. The monoisotopic (exact) mass is 377 g/mol. The van der Waals surface area contributed by atoms with Gasteiger partial charge in [0, 0.05) is 31.0 Å². The van der Waals surface area contributed by atoms with Gasteiger partial charge in [0.2, 0.25) is 5.91 Å². The van der Waals surface area contributed by atoms with Crippen LogP contribution >= 0.6 is 0 Å². The molecule has 0 aromatic carbocycles. The average Bonchev–Trinajstić information content (AvgIpc) is 2.79. The Morgan fingerprint density at radius 3 is 2.46 bits per heavy atom. The lowest BCUT2D eigenvalue weighted by atomic mass is 9.80. The van der Waals surface area contributed by atoms with Crippen molar-refractivity contribution in [3.63, 3.8) is 0 Å². The van der Waals surface area contributed by atoms with E-state index in [1.807, 2.05) is 0 Å². The van der Waals surface area contributed by atoms with E-state index in [1.165, 1.54) is 6.92 Å². The number of aryl methyl sites for hydroxylation is 1. The van der Waals surface area contributed by atoms with E-state index in [0.29, 0.717) is 37.3 Å². The van der Waals surface area contributed by atoms with Crippen LogP contribution in [0.5, 0.6) is 0 Å². The van der Waals surface area contributed by atoms with Crippen LogP contribution in [0.2, 0.25) is 0 Å². The van der Waals surface area contributed by atoms with E-state index in [2.05, 4.69) is 10.4 Å². The molecule has 146 valence electrons. The predicted molar refractivity (Wildman–Crippen MR) is 84.6 cm³/mol. The van der Waals surface area contributed by atoms with Crippen molar-refractivity contribution in [1.82, 2.24) is 15.1 Å². The average molecular weight is 377 g/mol. The zero-order chi connectivity index (χ0) is 19.5. The van der Waals surface area contributed by atoms with Crippen LogP contribution in [0.4, 0.5) is 13.2 Å². The number of ether oxygens (including phenoxy) is 1. The van der Waals surface area contributed by atoms with E-state index in [4.69, 9.17) is 4.74 Å². The molecule has 10 heteroatoms. The van der Waals surface area contributed by atoms with E-state index >= 15 is 0 Å². The molecule has 2 N–H and O–H groups in total. The van der Waals surface area contributed by atoms with Crippen molar-refractivity contribution < 1.29 is 32.6 Å². The van der Waals surface area contributed by atoms with Crippen LogP contribution < -0.4 is 5.32 Å². The minimum atomic E-state index is -4.40. The van der Waals surface area contributed by atoms with E-state index in [1.54, 1.807) is 6.92 Å². The molecule has 0 unspecified atom stereocenters. The Morgan fingerprint density at radius 2 is 1.92 bits per heavy atom. The number of rotatable bonds is 6. The van der Waals surface area contributed by atoms with E-state index < -0.39 is 30.0 Å². The first-order valence-corrected chi connectivity index (χ1v) is 8.21. The van der Waals surface area contributed by atoms with Crippen LogP contribution in [0.25, 0.3) is 0 Å². The molecule has 0 spiro atoms. The van der Waals surface area contributed by atoms with Gasteiger partial charge in [0.15, 0.2) is 0 Å². The number of carbonyl (C=O) groups is 2. The third kappa shape index (κ3) is 4.75. The van der Waals surface area contributed by atoms with Gasteiger partial charge in [-0.05, 0) is 26.7 Å². The molecule has 26 heavy (non-hydrogen) atoms. The maximum Gasteiger partial charge on any atom is 0.408 e. The number of halogens is 3. The highest BCUT2D eigenvalue weighted by molar-refractivity contribution is 5.81. The number of alkyl halides is 3. The molecule has 1 amide bonds. The van der Waals surface area contributed by atoms with Crippen molar-refractivity contribution in [3.05, 3.63) is 17.0 Å². The Kier molecular flexibility index (Phi) is 5.94. The second-order valence-electron chi connectivity index (χ2n) is 6.57. The van der Waals surface area contributed by atoms with Gasteiger partial charge in [0.1, 0.15) is 6.54 Å². The molecule has 0 aliphatic carbocycles. The molecule has 1 saturated heterocycles. The lowest BCUT2D eigenvalue weighted by Crippen LogP contribution is -2.46. The van der Waals surface area contributed by atoms with Crippen molar-refractivity contribution >= 4 is 11.9 Å². The van der Waals surface area contributed by atoms with Gasteiger partial charge in [-0.25, -0.2) is 0 Å². The van der Waals surface area contributed by atoms with E-state index in [-0.39, 0.29) is 18.7 Å². The first-order valence-electron chi connectivity index (χ1n) is 8.21. The highest BCUT2D eigenvalue weighted by atomic mass is 19.4. The number of carbonyl (C=O) groups excluding carboxylic acids is 1. The number of nitrogens with one attached hydrogen (secondary N) is 1. The first-order chi connectivity index (χ1) is 12.0. The summed E-state index contributed by atoms with van der Waals surface area (Å²) < 4.78 is 43.7. The Bertz CT molecular complexity index is 679. The van der Waals surface area contributed by atoms with Crippen LogP contribution in [0.1, 0.15) is 29.8 Å². The summed E-state index contributed by atoms with van der Waals surface area (Å²) in [7, 11) is 0. The van der Waals surface area contributed by atoms with Crippen LogP contribution in [0.15, 0.2) is 0 Å².